The molecule has 3 aromatic rings. The first-order valence-electron chi connectivity index (χ1n) is 6.66. The van der Waals surface area contributed by atoms with Gasteiger partial charge in [-0.2, -0.15) is 0 Å². The van der Waals surface area contributed by atoms with Crippen LogP contribution < -0.4 is 11.3 Å². The van der Waals surface area contributed by atoms with Gasteiger partial charge >= 0.3 is 0 Å². The van der Waals surface area contributed by atoms with E-state index in [1.165, 1.54) is 10.8 Å². The lowest BCUT2D eigenvalue weighted by Gasteiger charge is -2.19. The fraction of sp³-hybridized carbons (Fsp3) is 0.118. The molecule has 1 aromatic heterocycles. The van der Waals surface area contributed by atoms with Crippen LogP contribution in [0.25, 0.3) is 10.8 Å². The fourth-order valence-electron chi connectivity index (χ4n) is 2.62. The highest BCUT2D eigenvalue weighted by Gasteiger charge is 2.17. The molecule has 1 atom stereocenters. The molecule has 0 fully saturated rings. The molecule has 3 heteroatoms. The van der Waals surface area contributed by atoms with Crippen molar-refractivity contribution in [2.75, 3.05) is 0 Å². The lowest BCUT2D eigenvalue weighted by molar-refractivity contribution is 0.621. The van der Waals surface area contributed by atoms with Gasteiger partial charge in [0.2, 0.25) is 0 Å². The molecule has 20 heavy (non-hydrogen) atoms. The molecule has 0 aliphatic carbocycles. The van der Waals surface area contributed by atoms with Gasteiger partial charge in [0.25, 0.3) is 0 Å². The average Bonchev–Trinajstić information content (AvgIpc) is 2.50. The number of aromatic nitrogens is 1. The van der Waals surface area contributed by atoms with Gasteiger partial charge in [-0.3, -0.25) is 10.8 Å². The Morgan fingerprint density at radius 1 is 1.00 bits per heavy atom. The number of benzene rings is 2. The summed E-state index contributed by atoms with van der Waals surface area (Å²) < 4.78 is 0. The SMILES string of the molecule is Cc1cccnc1C(NN)c1cccc2ccccc12. The smallest absolute Gasteiger partial charge is 0.0890 e. The van der Waals surface area contributed by atoms with E-state index in [9.17, 15) is 0 Å². The molecule has 1 heterocycles. The summed E-state index contributed by atoms with van der Waals surface area (Å²) in [6.07, 6.45) is 1.80. The van der Waals surface area contributed by atoms with E-state index in [-0.39, 0.29) is 6.04 Å². The number of aryl methyl sites for hydroxylation is 1. The van der Waals surface area contributed by atoms with Crippen molar-refractivity contribution in [3.8, 4) is 0 Å². The number of pyridine rings is 1. The predicted octanol–water partition coefficient (Wildman–Crippen LogP) is 3.10. The quantitative estimate of drug-likeness (QED) is 0.564. The largest absolute Gasteiger partial charge is 0.271 e. The maximum atomic E-state index is 5.81. The summed E-state index contributed by atoms with van der Waals surface area (Å²) >= 11 is 0. The highest BCUT2D eigenvalue weighted by molar-refractivity contribution is 5.86. The van der Waals surface area contributed by atoms with Crippen LogP contribution >= 0.6 is 0 Å². The van der Waals surface area contributed by atoms with Crippen LogP contribution in [0, 0.1) is 6.92 Å². The van der Waals surface area contributed by atoms with Crippen molar-refractivity contribution in [2.45, 2.75) is 13.0 Å². The van der Waals surface area contributed by atoms with Crippen molar-refractivity contribution in [1.29, 1.82) is 0 Å². The van der Waals surface area contributed by atoms with Crippen LogP contribution in [0.15, 0.2) is 60.8 Å². The summed E-state index contributed by atoms with van der Waals surface area (Å²) in [5.74, 6) is 5.81. The molecule has 0 saturated carbocycles. The van der Waals surface area contributed by atoms with Crippen molar-refractivity contribution in [1.82, 2.24) is 10.4 Å². The molecular formula is C17H17N3. The second kappa shape index (κ2) is 5.41. The number of nitrogens with two attached hydrogens (primary N) is 1. The lowest BCUT2D eigenvalue weighted by atomic mass is 9.95. The van der Waals surface area contributed by atoms with Crippen LogP contribution in [0.4, 0.5) is 0 Å². The minimum absolute atomic E-state index is 0.109. The molecule has 1 unspecified atom stereocenters. The summed E-state index contributed by atoms with van der Waals surface area (Å²) in [5, 5.41) is 2.40. The third-order valence-corrected chi connectivity index (χ3v) is 3.62. The topological polar surface area (TPSA) is 50.9 Å². The van der Waals surface area contributed by atoms with Crippen LogP contribution in [0.1, 0.15) is 22.9 Å². The molecule has 0 saturated heterocycles. The minimum atomic E-state index is -0.109. The highest BCUT2D eigenvalue weighted by atomic mass is 15.2. The Bertz CT molecular complexity index is 732. The van der Waals surface area contributed by atoms with Gasteiger partial charge in [0.05, 0.1) is 11.7 Å². The van der Waals surface area contributed by atoms with Crippen molar-refractivity contribution in [3.63, 3.8) is 0 Å². The van der Waals surface area contributed by atoms with Gasteiger partial charge in [-0.15, -0.1) is 0 Å². The molecule has 0 amide bonds. The van der Waals surface area contributed by atoms with E-state index in [1.807, 2.05) is 18.2 Å². The summed E-state index contributed by atoms with van der Waals surface area (Å²) in [7, 11) is 0. The van der Waals surface area contributed by atoms with Crippen LogP contribution in [0.2, 0.25) is 0 Å². The molecule has 3 rings (SSSR count). The van der Waals surface area contributed by atoms with E-state index in [1.54, 1.807) is 6.20 Å². The first-order chi connectivity index (χ1) is 9.81. The van der Waals surface area contributed by atoms with Crippen LogP contribution in [0.3, 0.4) is 0 Å². The minimum Gasteiger partial charge on any atom is -0.271 e. The highest BCUT2D eigenvalue weighted by Crippen LogP contribution is 2.28. The summed E-state index contributed by atoms with van der Waals surface area (Å²) in [6, 6.07) is 18.5. The summed E-state index contributed by atoms with van der Waals surface area (Å²) in [5.41, 5.74) is 6.14. The summed E-state index contributed by atoms with van der Waals surface area (Å²) in [6.45, 7) is 2.05. The predicted molar refractivity (Wildman–Crippen MR) is 82.1 cm³/mol. The Balaban J connectivity index is 2.20. The molecule has 2 aromatic carbocycles. The van der Waals surface area contributed by atoms with E-state index in [0.717, 1.165) is 16.8 Å². The maximum absolute atomic E-state index is 5.81. The Morgan fingerprint density at radius 2 is 1.80 bits per heavy atom. The molecule has 0 aliphatic heterocycles. The Labute approximate surface area is 118 Å². The van der Waals surface area contributed by atoms with Gasteiger partial charge in [0.1, 0.15) is 0 Å². The average molecular weight is 263 g/mol. The number of fused-ring (bicyclic) bond motifs is 1. The summed E-state index contributed by atoms with van der Waals surface area (Å²) in [4.78, 5) is 4.49. The van der Waals surface area contributed by atoms with Crippen molar-refractivity contribution in [3.05, 3.63) is 77.6 Å². The van der Waals surface area contributed by atoms with E-state index in [2.05, 4.69) is 53.7 Å². The molecule has 0 radical (unpaired) electrons. The van der Waals surface area contributed by atoms with E-state index in [0.29, 0.717) is 0 Å². The van der Waals surface area contributed by atoms with Crippen LogP contribution in [0.5, 0.6) is 0 Å². The van der Waals surface area contributed by atoms with Crippen molar-refractivity contribution >= 4 is 10.8 Å². The maximum Gasteiger partial charge on any atom is 0.0890 e. The second-order valence-electron chi connectivity index (χ2n) is 4.87. The Kier molecular flexibility index (Phi) is 3.46. The van der Waals surface area contributed by atoms with Gasteiger partial charge in [-0.25, -0.2) is 5.43 Å². The second-order valence-corrected chi connectivity index (χ2v) is 4.87. The van der Waals surface area contributed by atoms with Crippen LogP contribution in [-0.2, 0) is 0 Å². The van der Waals surface area contributed by atoms with Crippen LogP contribution in [-0.4, -0.2) is 4.98 Å². The number of hydrogen-bond donors (Lipinski definition) is 2. The normalized spacial score (nSPS) is 12.5. The molecular weight excluding hydrogens is 246 g/mol. The number of nitrogens with one attached hydrogen (secondary N) is 1. The fourth-order valence-corrected chi connectivity index (χ4v) is 2.62. The molecule has 3 N–H and O–H groups in total. The molecule has 0 aliphatic rings. The zero-order chi connectivity index (χ0) is 13.9. The van der Waals surface area contributed by atoms with Crippen molar-refractivity contribution < 1.29 is 0 Å². The third kappa shape index (κ3) is 2.18. The number of rotatable bonds is 3. The number of hydrogen-bond acceptors (Lipinski definition) is 3. The first kappa shape index (κ1) is 12.8. The van der Waals surface area contributed by atoms with Gasteiger partial charge in [-0.05, 0) is 34.9 Å². The molecule has 0 bridgehead atoms. The van der Waals surface area contributed by atoms with Gasteiger partial charge < -0.3 is 0 Å². The third-order valence-electron chi connectivity index (χ3n) is 3.62. The number of hydrazine groups is 1. The molecule has 3 nitrogen and oxygen atoms in total. The lowest BCUT2D eigenvalue weighted by Crippen LogP contribution is -2.30. The Hall–Kier alpha value is -2.23. The monoisotopic (exact) mass is 263 g/mol. The van der Waals surface area contributed by atoms with E-state index in [4.69, 9.17) is 5.84 Å². The zero-order valence-corrected chi connectivity index (χ0v) is 11.4. The van der Waals surface area contributed by atoms with E-state index >= 15 is 0 Å². The van der Waals surface area contributed by atoms with E-state index < -0.39 is 0 Å². The van der Waals surface area contributed by atoms with Gasteiger partial charge in [0.15, 0.2) is 0 Å². The van der Waals surface area contributed by atoms with Gasteiger partial charge in [-0.1, -0.05) is 48.5 Å². The van der Waals surface area contributed by atoms with Crippen molar-refractivity contribution in [2.24, 2.45) is 5.84 Å². The van der Waals surface area contributed by atoms with Gasteiger partial charge in [0, 0.05) is 6.20 Å². The Morgan fingerprint density at radius 3 is 2.60 bits per heavy atom. The molecule has 100 valence electrons. The standard InChI is InChI=1S/C17H17N3/c1-12-6-5-11-19-16(12)17(20-18)15-10-4-8-13-7-2-3-9-14(13)15/h2-11,17,20H,18H2,1H3. The zero-order valence-electron chi connectivity index (χ0n) is 11.4. The number of nitrogens with zero attached hydrogens (tertiary/aromatic N) is 1. The first-order valence-corrected chi connectivity index (χ1v) is 6.66. The molecule has 0 spiro atoms.